The van der Waals surface area contributed by atoms with E-state index in [4.69, 9.17) is 0 Å². The van der Waals surface area contributed by atoms with Crippen molar-refractivity contribution in [2.24, 2.45) is 11.8 Å². The Morgan fingerprint density at radius 2 is 1.44 bits per heavy atom. The van der Waals surface area contributed by atoms with Gasteiger partial charge < -0.3 is 4.74 Å². The number of halogens is 3. The van der Waals surface area contributed by atoms with Crippen LogP contribution in [0.1, 0.15) is 40.5 Å². The number of carbonyl (C=O) groups excluding carboxylic acids is 1. The summed E-state index contributed by atoms with van der Waals surface area (Å²) in [6.45, 7) is 7.53. The molecule has 96 valence electrons. The maximum atomic E-state index is 12.0. The fourth-order valence-corrected chi connectivity index (χ4v) is 1.46. The van der Waals surface area contributed by atoms with Crippen LogP contribution in [0.5, 0.6) is 0 Å². The summed E-state index contributed by atoms with van der Waals surface area (Å²) in [6, 6.07) is 0. The highest BCUT2D eigenvalue weighted by molar-refractivity contribution is 5.75. The van der Waals surface area contributed by atoms with Gasteiger partial charge >= 0.3 is 12.1 Å². The highest BCUT2D eigenvalue weighted by Crippen LogP contribution is 2.22. The van der Waals surface area contributed by atoms with Crippen molar-refractivity contribution in [2.75, 3.05) is 0 Å². The molecule has 2 nitrogen and oxygen atoms in total. The van der Waals surface area contributed by atoms with Crippen molar-refractivity contribution < 1.29 is 22.7 Å². The maximum absolute atomic E-state index is 12.0. The van der Waals surface area contributed by atoms with E-state index in [1.54, 1.807) is 0 Å². The average Bonchev–Trinajstić information content (AvgIpc) is 1.98. The molecular weight excluding hydrogens is 221 g/mol. The molecule has 0 aromatic rings. The van der Waals surface area contributed by atoms with E-state index in [0.29, 0.717) is 12.8 Å². The molecule has 0 fully saturated rings. The number of carbonyl (C=O) groups is 1. The van der Waals surface area contributed by atoms with Gasteiger partial charge in [0.15, 0.2) is 0 Å². The van der Waals surface area contributed by atoms with Gasteiger partial charge in [-0.2, -0.15) is 13.2 Å². The van der Waals surface area contributed by atoms with Crippen LogP contribution in [0.2, 0.25) is 0 Å². The lowest BCUT2D eigenvalue weighted by molar-refractivity contribution is -0.206. The average molecular weight is 240 g/mol. The van der Waals surface area contributed by atoms with Crippen LogP contribution in [0.4, 0.5) is 13.2 Å². The Bertz CT molecular complexity index is 212. The zero-order valence-corrected chi connectivity index (χ0v) is 10.1. The molecule has 0 aromatic carbocycles. The third-order valence-electron chi connectivity index (χ3n) is 1.97. The monoisotopic (exact) mass is 240 g/mol. The van der Waals surface area contributed by atoms with E-state index in [2.05, 4.69) is 4.74 Å². The Kier molecular flexibility index (Phi) is 5.83. The quantitative estimate of drug-likeness (QED) is 0.687. The number of ether oxygens (including phenoxy) is 1. The minimum Gasteiger partial charge on any atom is -0.456 e. The third kappa shape index (κ3) is 6.69. The molecule has 0 rings (SSSR count). The Balaban J connectivity index is 4.36. The summed E-state index contributed by atoms with van der Waals surface area (Å²) in [5.74, 6) is -1.69. The van der Waals surface area contributed by atoms with Crippen LogP contribution in [0, 0.1) is 11.8 Å². The summed E-state index contributed by atoms with van der Waals surface area (Å²) >= 11 is 0. The highest BCUT2D eigenvalue weighted by Gasteiger charge is 2.42. The van der Waals surface area contributed by atoms with Gasteiger partial charge in [-0.15, -0.1) is 0 Å². The van der Waals surface area contributed by atoms with Crippen LogP contribution < -0.4 is 0 Å². The van der Waals surface area contributed by atoms with Gasteiger partial charge in [-0.1, -0.05) is 27.7 Å². The SMILES string of the molecule is CC(C)CC(CC(C)C)OC(=O)C(F)(F)F. The predicted octanol–water partition coefficient (Wildman–Crippen LogP) is 3.55. The molecule has 0 aliphatic heterocycles. The van der Waals surface area contributed by atoms with Gasteiger partial charge in [0.2, 0.25) is 0 Å². The van der Waals surface area contributed by atoms with E-state index in [-0.39, 0.29) is 11.8 Å². The number of esters is 1. The van der Waals surface area contributed by atoms with Crippen LogP contribution in [0.25, 0.3) is 0 Å². The molecule has 0 aliphatic rings. The van der Waals surface area contributed by atoms with E-state index in [1.807, 2.05) is 27.7 Å². The first-order valence-electron chi connectivity index (χ1n) is 5.40. The first-order valence-corrected chi connectivity index (χ1v) is 5.40. The van der Waals surface area contributed by atoms with Crippen LogP contribution in [-0.2, 0) is 9.53 Å². The second-order valence-corrected chi connectivity index (χ2v) is 4.78. The molecule has 0 spiro atoms. The van der Waals surface area contributed by atoms with Crippen molar-refractivity contribution in [3.8, 4) is 0 Å². The highest BCUT2D eigenvalue weighted by atomic mass is 19.4. The Morgan fingerprint density at radius 3 is 1.69 bits per heavy atom. The second-order valence-electron chi connectivity index (χ2n) is 4.78. The standard InChI is InChI=1S/C11H19F3O2/c1-7(2)5-9(6-8(3)4)16-10(15)11(12,13)14/h7-9H,5-6H2,1-4H3. The molecule has 16 heavy (non-hydrogen) atoms. The minimum atomic E-state index is -4.90. The van der Waals surface area contributed by atoms with Crippen molar-refractivity contribution in [1.82, 2.24) is 0 Å². The van der Waals surface area contributed by atoms with Crippen molar-refractivity contribution >= 4 is 5.97 Å². The van der Waals surface area contributed by atoms with Gasteiger partial charge in [0.1, 0.15) is 6.10 Å². The molecule has 5 heteroatoms. The lowest BCUT2D eigenvalue weighted by atomic mass is 9.98. The molecule has 0 atom stereocenters. The molecule has 0 heterocycles. The van der Waals surface area contributed by atoms with Crippen molar-refractivity contribution in [1.29, 1.82) is 0 Å². The summed E-state index contributed by atoms with van der Waals surface area (Å²) in [4.78, 5) is 10.7. The van der Waals surface area contributed by atoms with Gasteiger partial charge in [-0.25, -0.2) is 4.79 Å². The number of hydrogen-bond acceptors (Lipinski definition) is 2. The van der Waals surface area contributed by atoms with E-state index < -0.39 is 18.2 Å². The zero-order valence-electron chi connectivity index (χ0n) is 10.1. The van der Waals surface area contributed by atoms with Crippen LogP contribution in [0.3, 0.4) is 0 Å². The normalized spacial score (nSPS) is 12.6. The number of alkyl halides is 3. The van der Waals surface area contributed by atoms with E-state index in [9.17, 15) is 18.0 Å². The summed E-state index contributed by atoms with van der Waals surface area (Å²) in [7, 11) is 0. The molecule has 0 aromatic heterocycles. The zero-order chi connectivity index (χ0) is 12.9. The molecule has 0 unspecified atom stereocenters. The van der Waals surface area contributed by atoms with Gasteiger partial charge in [-0.05, 0) is 24.7 Å². The first-order chi connectivity index (χ1) is 7.12. The number of rotatable bonds is 5. The van der Waals surface area contributed by atoms with Crippen molar-refractivity contribution in [3.63, 3.8) is 0 Å². The van der Waals surface area contributed by atoms with Crippen molar-refractivity contribution in [2.45, 2.75) is 52.8 Å². The lowest BCUT2D eigenvalue weighted by Crippen LogP contribution is -2.31. The van der Waals surface area contributed by atoms with Crippen LogP contribution >= 0.6 is 0 Å². The van der Waals surface area contributed by atoms with Gasteiger partial charge in [0.25, 0.3) is 0 Å². The van der Waals surface area contributed by atoms with E-state index in [1.165, 1.54) is 0 Å². The minimum absolute atomic E-state index is 0.199. The maximum Gasteiger partial charge on any atom is 0.490 e. The van der Waals surface area contributed by atoms with Crippen LogP contribution in [-0.4, -0.2) is 18.2 Å². The van der Waals surface area contributed by atoms with Gasteiger partial charge in [0.05, 0.1) is 0 Å². The molecule has 0 bridgehead atoms. The Hall–Kier alpha value is -0.740. The Morgan fingerprint density at radius 1 is 1.06 bits per heavy atom. The number of hydrogen-bond donors (Lipinski definition) is 0. The molecule has 0 aliphatic carbocycles. The largest absolute Gasteiger partial charge is 0.490 e. The van der Waals surface area contributed by atoms with Crippen LogP contribution in [0.15, 0.2) is 0 Å². The molecular formula is C11H19F3O2. The fourth-order valence-electron chi connectivity index (χ4n) is 1.46. The van der Waals surface area contributed by atoms with Gasteiger partial charge in [-0.3, -0.25) is 0 Å². The predicted molar refractivity (Wildman–Crippen MR) is 54.8 cm³/mol. The summed E-state index contributed by atoms with van der Waals surface area (Å²) in [5, 5.41) is 0. The molecule has 0 saturated heterocycles. The molecule has 0 N–H and O–H groups in total. The fraction of sp³-hybridized carbons (Fsp3) is 0.909. The van der Waals surface area contributed by atoms with Gasteiger partial charge in [0, 0.05) is 0 Å². The molecule has 0 radical (unpaired) electrons. The van der Waals surface area contributed by atoms with E-state index >= 15 is 0 Å². The molecule has 0 saturated carbocycles. The Labute approximate surface area is 94.2 Å². The molecule has 0 amide bonds. The summed E-state index contributed by atoms with van der Waals surface area (Å²) < 4.78 is 40.5. The second kappa shape index (κ2) is 6.11. The van der Waals surface area contributed by atoms with Crippen molar-refractivity contribution in [3.05, 3.63) is 0 Å². The topological polar surface area (TPSA) is 26.3 Å². The summed E-state index contributed by atoms with van der Waals surface area (Å²) in [6.07, 6.45) is -4.62. The lowest BCUT2D eigenvalue weighted by Gasteiger charge is -2.21. The first kappa shape index (κ1) is 15.3. The smallest absolute Gasteiger partial charge is 0.456 e. The third-order valence-corrected chi connectivity index (χ3v) is 1.97. The summed E-state index contributed by atoms with van der Waals surface area (Å²) in [5.41, 5.74) is 0. The van der Waals surface area contributed by atoms with E-state index in [0.717, 1.165) is 0 Å².